The Morgan fingerprint density at radius 1 is 0.277 bits per heavy atom. The Morgan fingerprint density at radius 3 is 0.791 bits per heavy atom. The molecule has 4 heterocycles. The fourth-order valence-electron chi connectivity index (χ4n) is 27.0. The van der Waals surface area contributed by atoms with Crippen molar-refractivity contribution in [3.8, 4) is 45.0 Å². The van der Waals surface area contributed by atoms with Crippen LogP contribution in [0.5, 0.6) is 0 Å². The highest BCUT2D eigenvalue weighted by Gasteiger charge is 2.64. The zero-order valence-electron chi connectivity index (χ0n) is 82.3. The molecule has 0 saturated heterocycles. The van der Waals surface area contributed by atoms with Gasteiger partial charge >= 0.3 is 0 Å². The third kappa shape index (κ3) is 14.8. The highest BCUT2D eigenvalue weighted by Crippen LogP contribution is 2.70. The summed E-state index contributed by atoms with van der Waals surface area (Å²) in [5.41, 5.74) is 26.3. The van der Waals surface area contributed by atoms with Gasteiger partial charge in [-0.25, -0.2) is 28.7 Å². The monoisotopic (exact) mass is 2090 g/mol. The van der Waals surface area contributed by atoms with Gasteiger partial charge in [0.05, 0.1) is 53.6 Å². The Hall–Kier alpha value is -14.4. The standard InChI is InChI=1S/C33H28N2OS.C32H25BrN2OS.C32H25FN2OS.C31H22ClFN2OS/c1-20-16-17-23(22-11-5-4-10-21(20)22)28-18-37-31(34-28)35-30(36)33(3)19-32(2)26-14-8-6-12-24(26)29(33)25-13-7-9-15-27(25)32;1-19-15-16-22(21-10-4-3-9-20(19)21)27-17-37-30(34-27)35-29(36)31(2)18-32(33)25-13-7-5-11-23(25)28(31)24-12-6-8-14-26(24)32;1-31-18-32(2,28(22-11-5-7-13-24(22)31)23-12-6-8-14-25(23)31)29(36)35-30-34-27(17-37-30)21-15-16-26(33)20-10-4-3-9-19(20)21;1-30(17-31(32)23-12-6-4-10-21(23)27(30)22-11-5-7-13-24(22)31)28(36)35-29-34-26(16-37-29)20-14-15-25(33)19-9-3-2-8-18(19)20/h4-18,29H,19H2,1-3H3,(H,34,35,36);2*3-17,28H,18H2,1-2H3,(H,34,35,36);2-16,27H,17H2,1H3,(H,34,35,36). The average Bonchev–Trinajstić information content (AvgIpc) is 0.759. The number of hydrogen-bond acceptors (Lipinski definition) is 12. The van der Waals surface area contributed by atoms with Crippen molar-refractivity contribution in [3.05, 3.63) is 473 Å². The van der Waals surface area contributed by atoms with E-state index in [9.17, 15) is 28.0 Å². The van der Waals surface area contributed by atoms with E-state index in [-0.39, 0.29) is 69.8 Å². The molecule has 4 N–H and O–H groups in total. The summed E-state index contributed by atoms with van der Waals surface area (Å²) in [4.78, 5) is 74.7. The molecule has 32 rings (SSSR count). The van der Waals surface area contributed by atoms with E-state index < -0.39 is 30.9 Å². The van der Waals surface area contributed by atoms with E-state index in [1.165, 1.54) is 157 Å². The normalized spacial score (nSPS) is 23.5. The maximum absolute atomic E-state index is 14.3. The molecule has 0 aliphatic heterocycles. The third-order valence-corrected chi connectivity index (χ3v) is 38.3. The molecule has 16 aromatic carbocycles. The molecule has 4 atom stereocenters. The van der Waals surface area contributed by atoms with Crippen molar-refractivity contribution in [2.75, 3.05) is 21.3 Å². The van der Waals surface area contributed by atoms with Gasteiger partial charge in [-0.3, -0.25) is 19.2 Å². The first-order valence-corrected chi connectivity index (χ1v) is 54.8. The lowest BCUT2D eigenvalue weighted by Crippen LogP contribution is -2.53. The van der Waals surface area contributed by atoms with Crippen LogP contribution >= 0.6 is 72.9 Å². The highest BCUT2D eigenvalue weighted by atomic mass is 79.9. The molecule has 12 nitrogen and oxygen atoms in total. The Morgan fingerprint density at radius 2 is 0.493 bits per heavy atom. The average molecular weight is 2100 g/mol. The summed E-state index contributed by atoms with van der Waals surface area (Å²) in [6.07, 6.45) is 2.68. The molecular weight excluding hydrogens is 2000 g/mol. The molecule has 20 aromatic rings. The molecule has 4 unspecified atom stereocenters. The molecule has 728 valence electrons. The second kappa shape index (κ2) is 35.7. The maximum atomic E-state index is 14.3. The van der Waals surface area contributed by atoms with Crippen molar-refractivity contribution in [1.82, 2.24) is 19.9 Å². The van der Waals surface area contributed by atoms with Crippen LogP contribution in [0.3, 0.4) is 0 Å². The van der Waals surface area contributed by atoms with Crippen LogP contribution in [0.1, 0.15) is 191 Å². The predicted octanol–water partition coefficient (Wildman–Crippen LogP) is 32.5. The number of hydrogen-bond donors (Lipinski definition) is 4. The molecule has 4 amide bonds. The molecule has 0 fully saturated rings. The molecule has 0 spiro atoms. The van der Waals surface area contributed by atoms with Crippen LogP contribution in [0.15, 0.2) is 361 Å². The van der Waals surface area contributed by atoms with E-state index in [1.54, 1.807) is 24.3 Å². The van der Waals surface area contributed by atoms with Gasteiger partial charge in [-0.15, -0.1) is 56.9 Å². The molecular formula is C128H100BrClF2N8O4S4. The number of nitrogens with one attached hydrogen (secondary N) is 4. The number of nitrogens with zero attached hydrogens (tertiary/aromatic N) is 4. The molecule has 0 radical (unpaired) electrons. The number of carbonyl (C=O) groups excluding carboxylic acids is 4. The van der Waals surface area contributed by atoms with Crippen LogP contribution in [-0.2, 0) is 39.2 Å². The van der Waals surface area contributed by atoms with Crippen molar-refractivity contribution in [3.63, 3.8) is 0 Å². The summed E-state index contributed by atoms with van der Waals surface area (Å²) in [6, 6.07) is 115. The Labute approximate surface area is 886 Å². The Kier molecular flexibility index (Phi) is 22.8. The quantitative estimate of drug-likeness (QED) is 0.0877. The summed E-state index contributed by atoms with van der Waals surface area (Å²) in [7, 11) is 0. The first-order valence-electron chi connectivity index (χ1n) is 50.1. The lowest BCUT2D eigenvalue weighted by Gasteiger charge is -2.55. The number of rotatable bonds is 12. The lowest BCUT2D eigenvalue weighted by molar-refractivity contribution is -0.128. The zero-order chi connectivity index (χ0) is 101. The van der Waals surface area contributed by atoms with Crippen molar-refractivity contribution < 1.29 is 28.0 Å². The number of alkyl halides is 2. The van der Waals surface area contributed by atoms with Gasteiger partial charge in [-0.2, -0.15) is 0 Å². The number of thiazole rings is 4. The molecule has 8 bridgehead atoms. The van der Waals surface area contributed by atoms with Crippen LogP contribution in [0.4, 0.5) is 29.3 Å². The number of amides is 4. The van der Waals surface area contributed by atoms with E-state index in [4.69, 9.17) is 31.5 Å². The largest absolute Gasteiger partial charge is 0.301 e. The molecule has 0 saturated carbocycles. The second-order valence-corrected chi connectivity index (χ2v) is 47.7. The van der Waals surface area contributed by atoms with E-state index in [2.05, 4.69) is 328 Å². The Balaban J connectivity index is 0.000000103. The summed E-state index contributed by atoms with van der Waals surface area (Å²) >= 11 is 17.3. The van der Waals surface area contributed by atoms with Crippen molar-refractivity contribution in [2.24, 2.45) is 21.7 Å². The van der Waals surface area contributed by atoms with Crippen LogP contribution < -0.4 is 21.3 Å². The minimum absolute atomic E-state index is 0.0139. The number of benzene rings is 16. The topological polar surface area (TPSA) is 168 Å². The number of anilines is 4. The molecule has 20 heteroatoms. The number of fused-ring (bicyclic) bond motifs is 8. The molecule has 12 aliphatic carbocycles. The first-order chi connectivity index (χ1) is 71.6. The Bertz CT molecular complexity index is 7730. The van der Waals surface area contributed by atoms with E-state index >= 15 is 0 Å². The number of aryl methyl sites for hydroxylation is 2. The van der Waals surface area contributed by atoms with Crippen molar-refractivity contribution in [2.45, 2.75) is 125 Å². The summed E-state index contributed by atoms with van der Waals surface area (Å²) in [5.74, 6) is -0.710. The molecule has 12 aliphatic rings. The number of aromatic nitrogens is 4. The van der Waals surface area contributed by atoms with Gasteiger partial charge in [0.1, 0.15) is 11.6 Å². The third-order valence-electron chi connectivity index (χ3n) is 33.6. The van der Waals surface area contributed by atoms with Gasteiger partial charge < -0.3 is 21.3 Å². The van der Waals surface area contributed by atoms with Crippen molar-refractivity contribution >= 4 is 160 Å². The predicted molar refractivity (Wildman–Crippen MR) is 603 cm³/mol. The van der Waals surface area contributed by atoms with Gasteiger partial charge in [0.15, 0.2) is 20.5 Å². The van der Waals surface area contributed by atoms with Gasteiger partial charge in [-0.05, 0) is 224 Å². The summed E-state index contributed by atoms with van der Waals surface area (Å²) < 4.78 is 28.3. The van der Waals surface area contributed by atoms with Crippen LogP contribution in [-0.4, -0.2) is 43.6 Å². The minimum atomic E-state index is -0.769. The molecule has 148 heavy (non-hydrogen) atoms. The van der Waals surface area contributed by atoms with Gasteiger partial charge in [0.2, 0.25) is 23.6 Å². The summed E-state index contributed by atoms with van der Waals surface area (Å²) in [6.45, 7) is 17.2. The van der Waals surface area contributed by atoms with E-state index in [0.29, 0.717) is 49.8 Å². The van der Waals surface area contributed by atoms with Crippen LogP contribution in [0.25, 0.3) is 88.1 Å². The van der Waals surface area contributed by atoms with Crippen LogP contribution in [0.2, 0.25) is 0 Å². The lowest BCUT2D eigenvalue weighted by atomic mass is 9.47. The summed E-state index contributed by atoms with van der Waals surface area (Å²) in [5, 5.41) is 30.5. The zero-order valence-corrected chi connectivity index (χ0v) is 88.0. The van der Waals surface area contributed by atoms with Crippen LogP contribution in [0, 0.1) is 47.1 Å². The van der Waals surface area contributed by atoms with Crippen molar-refractivity contribution in [1.29, 1.82) is 0 Å². The van der Waals surface area contributed by atoms with E-state index in [1.807, 2.05) is 89.1 Å². The minimum Gasteiger partial charge on any atom is -0.301 e. The van der Waals surface area contributed by atoms with Gasteiger partial charge in [0.25, 0.3) is 0 Å². The van der Waals surface area contributed by atoms with Gasteiger partial charge in [-0.1, -0.05) is 345 Å². The fraction of sp³-hybridized carbons (Fsp3) is 0.188. The number of carbonyl (C=O) groups is 4. The SMILES string of the molecule is CC1(C(=O)Nc2nc(-c3ccc(F)c4ccccc34)cs2)CC2(Cl)c3ccccc3C1c1ccccc12.CC12CC(C)(C(=O)Nc3nc(-c4ccc(F)c5ccccc45)cs3)C(c3ccccc31)c1ccccc12.Cc1ccc(-c2csc(NC(=O)C3(C)CC4(Br)c5ccccc5C3c3ccccc34)n2)c2ccccc12.Cc1ccc(-c2csc(NC(=O)C3(C)CC4(C)c5ccccc5C3c3ccccc34)n2)c2ccccc12. The molecule has 4 aromatic heterocycles. The number of halogens is 4. The van der Waals surface area contributed by atoms with E-state index in [0.717, 1.165) is 85.2 Å². The fourth-order valence-corrected chi connectivity index (χ4v) is 31.8. The highest BCUT2D eigenvalue weighted by molar-refractivity contribution is 9.09. The van der Waals surface area contributed by atoms with Gasteiger partial charge in [0, 0.05) is 89.0 Å². The maximum Gasteiger partial charge on any atom is 0.233 e. The first kappa shape index (κ1) is 94.6. The smallest absolute Gasteiger partial charge is 0.233 e. The second-order valence-electron chi connectivity index (χ2n) is 42.3.